The predicted octanol–water partition coefficient (Wildman–Crippen LogP) is 1.65. The highest BCUT2D eigenvalue weighted by molar-refractivity contribution is 9.10. The zero-order valence-electron chi connectivity index (χ0n) is 10.1. The Labute approximate surface area is 118 Å². The van der Waals surface area contributed by atoms with Crippen molar-refractivity contribution >= 4 is 27.9 Å². The topological polar surface area (TPSA) is 91.0 Å². The van der Waals surface area contributed by atoms with E-state index in [1.165, 1.54) is 0 Å². The van der Waals surface area contributed by atoms with Gasteiger partial charge in [-0.3, -0.25) is 14.5 Å². The number of hydrogen-bond donors (Lipinski definition) is 2. The SMILES string of the molecule is O=C(O)C1CCN(Cc2ccc(Br)o2)CC1C(=O)O. The van der Waals surface area contributed by atoms with Crippen LogP contribution in [0, 0.1) is 11.8 Å². The van der Waals surface area contributed by atoms with Gasteiger partial charge >= 0.3 is 11.9 Å². The second kappa shape index (κ2) is 5.75. The average molecular weight is 332 g/mol. The molecule has 0 aromatic carbocycles. The molecule has 0 aliphatic carbocycles. The van der Waals surface area contributed by atoms with Crippen molar-refractivity contribution in [3.05, 3.63) is 22.6 Å². The number of rotatable bonds is 4. The van der Waals surface area contributed by atoms with Gasteiger partial charge in [-0.1, -0.05) is 0 Å². The van der Waals surface area contributed by atoms with E-state index in [2.05, 4.69) is 15.9 Å². The average Bonchev–Trinajstić information content (AvgIpc) is 2.74. The summed E-state index contributed by atoms with van der Waals surface area (Å²) in [7, 11) is 0. The number of piperidine rings is 1. The molecule has 2 atom stereocenters. The molecule has 2 unspecified atom stereocenters. The first-order valence-electron chi connectivity index (χ1n) is 5.89. The molecule has 1 aromatic heterocycles. The minimum atomic E-state index is -1.06. The first kappa shape index (κ1) is 14.1. The van der Waals surface area contributed by atoms with E-state index < -0.39 is 23.8 Å². The molecule has 1 aromatic rings. The zero-order chi connectivity index (χ0) is 14.0. The normalized spacial score (nSPS) is 24.3. The highest BCUT2D eigenvalue weighted by atomic mass is 79.9. The molecule has 1 fully saturated rings. The number of furan rings is 1. The van der Waals surface area contributed by atoms with Gasteiger partial charge in [-0.15, -0.1) is 0 Å². The van der Waals surface area contributed by atoms with E-state index in [1.54, 1.807) is 6.07 Å². The Morgan fingerprint density at radius 1 is 1.32 bits per heavy atom. The van der Waals surface area contributed by atoms with Crippen LogP contribution in [0.15, 0.2) is 21.2 Å². The third-order valence-electron chi connectivity index (χ3n) is 3.34. The molecular weight excluding hydrogens is 318 g/mol. The third-order valence-corrected chi connectivity index (χ3v) is 3.77. The van der Waals surface area contributed by atoms with Gasteiger partial charge in [-0.25, -0.2) is 0 Å². The predicted molar refractivity (Wildman–Crippen MR) is 68.6 cm³/mol. The molecule has 1 aliphatic rings. The molecule has 0 saturated carbocycles. The fourth-order valence-electron chi connectivity index (χ4n) is 2.37. The summed E-state index contributed by atoms with van der Waals surface area (Å²) in [6, 6.07) is 3.58. The Morgan fingerprint density at radius 2 is 2.00 bits per heavy atom. The lowest BCUT2D eigenvalue weighted by molar-refractivity contribution is -0.157. The van der Waals surface area contributed by atoms with Gasteiger partial charge in [-0.2, -0.15) is 0 Å². The van der Waals surface area contributed by atoms with E-state index >= 15 is 0 Å². The van der Waals surface area contributed by atoms with Crippen molar-refractivity contribution in [3.63, 3.8) is 0 Å². The van der Waals surface area contributed by atoms with Crippen molar-refractivity contribution < 1.29 is 24.2 Å². The Balaban J connectivity index is 2.02. The van der Waals surface area contributed by atoms with Crippen molar-refractivity contribution in [3.8, 4) is 0 Å². The maximum Gasteiger partial charge on any atom is 0.308 e. The summed E-state index contributed by atoms with van der Waals surface area (Å²) in [6.45, 7) is 1.27. The van der Waals surface area contributed by atoms with Crippen LogP contribution in [0.3, 0.4) is 0 Å². The monoisotopic (exact) mass is 331 g/mol. The second-order valence-corrected chi connectivity index (χ2v) is 5.40. The zero-order valence-corrected chi connectivity index (χ0v) is 11.7. The summed E-state index contributed by atoms with van der Waals surface area (Å²) >= 11 is 3.20. The van der Waals surface area contributed by atoms with Gasteiger partial charge in [-0.05, 0) is 41.0 Å². The number of likely N-dealkylation sites (tertiary alicyclic amines) is 1. The van der Waals surface area contributed by atoms with Gasteiger partial charge in [0.25, 0.3) is 0 Å². The maximum absolute atomic E-state index is 11.2. The highest BCUT2D eigenvalue weighted by Gasteiger charge is 2.38. The molecule has 2 rings (SSSR count). The number of aliphatic carboxylic acids is 2. The highest BCUT2D eigenvalue weighted by Crippen LogP contribution is 2.26. The second-order valence-electron chi connectivity index (χ2n) is 4.62. The summed E-state index contributed by atoms with van der Waals surface area (Å²) in [6.07, 6.45) is 0.341. The van der Waals surface area contributed by atoms with Crippen LogP contribution in [0.5, 0.6) is 0 Å². The Kier molecular flexibility index (Phi) is 4.26. The van der Waals surface area contributed by atoms with Crippen LogP contribution in [0.1, 0.15) is 12.2 Å². The molecule has 0 amide bonds. The largest absolute Gasteiger partial charge is 0.481 e. The molecule has 19 heavy (non-hydrogen) atoms. The van der Waals surface area contributed by atoms with Gasteiger partial charge in [0.05, 0.1) is 18.4 Å². The molecule has 0 spiro atoms. The summed E-state index contributed by atoms with van der Waals surface area (Å²) < 4.78 is 5.99. The number of halogens is 1. The molecule has 104 valence electrons. The van der Waals surface area contributed by atoms with E-state index in [0.29, 0.717) is 24.2 Å². The molecular formula is C12H14BrNO5. The van der Waals surface area contributed by atoms with Crippen LogP contribution in [-0.2, 0) is 16.1 Å². The fourth-order valence-corrected chi connectivity index (χ4v) is 2.71. The van der Waals surface area contributed by atoms with Gasteiger partial charge in [0, 0.05) is 6.54 Å². The van der Waals surface area contributed by atoms with Gasteiger partial charge in [0.2, 0.25) is 0 Å². The number of carboxylic acids is 2. The summed E-state index contributed by atoms with van der Waals surface area (Å²) in [5.74, 6) is -3.04. The summed E-state index contributed by atoms with van der Waals surface area (Å²) in [5, 5.41) is 18.2. The van der Waals surface area contributed by atoms with Gasteiger partial charge in [0.15, 0.2) is 4.67 Å². The number of hydrogen-bond acceptors (Lipinski definition) is 4. The molecule has 2 heterocycles. The van der Waals surface area contributed by atoms with Crippen LogP contribution in [-0.4, -0.2) is 40.1 Å². The van der Waals surface area contributed by atoms with E-state index in [1.807, 2.05) is 11.0 Å². The number of carbonyl (C=O) groups is 2. The van der Waals surface area contributed by atoms with Gasteiger partial charge < -0.3 is 14.6 Å². The molecule has 6 nitrogen and oxygen atoms in total. The first-order chi connectivity index (χ1) is 8.97. The van der Waals surface area contributed by atoms with Crippen LogP contribution >= 0.6 is 15.9 Å². The lowest BCUT2D eigenvalue weighted by Crippen LogP contribution is -2.46. The minimum Gasteiger partial charge on any atom is -0.481 e. The Bertz CT molecular complexity index is 486. The Morgan fingerprint density at radius 3 is 2.53 bits per heavy atom. The van der Waals surface area contributed by atoms with Crippen molar-refractivity contribution in [2.45, 2.75) is 13.0 Å². The fraction of sp³-hybridized carbons (Fsp3) is 0.500. The molecule has 1 aliphatic heterocycles. The molecule has 2 N–H and O–H groups in total. The number of nitrogens with zero attached hydrogens (tertiary/aromatic N) is 1. The molecule has 7 heteroatoms. The van der Waals surface area contributed by atoms with E-state index in [4.69, 9.17) is 14.6 Å². The van der Waals surface area contributed by atoms with Crippen molar-refractivity contribution in [1.82, 2.24) is 4.90 Å². The van der Waals surface area contributed by atoms with Crippen LogP contribution in [0.4, 0.5) is 0 Å². The standard InChI is InChI=1S/C12H14BrNO5/c13-10-2-1-7(19-10)5-14-4-3-8(11(15)16)9(6-14)12(17)18/h1-2,8-9H,3-6H2,(H,15,16)(H,17,18). The minimum absolute atomic E-state index is 0.227. The van der Waals surface area contributed by atoms with Crippen molar-refractivity contribution in [2.75, 3.05) is 13.1 Å². The quantitative estimate of drug-likeness (QED) is 0.871. The lowest BCUT2D eigenvalue weighted by Gasteiger charge is -2.33. The van der Waals surface area contributed by atoms with Crippen molar-refractivity contribution in [2.24, 2.45) is 11.8 Å². The first-order valence-corrected chi connectivity index (χ1v) is 6.69. The van der Waals surface area contributed by atoms with E-state index in [-0.39, 0.29) is 6.54 Å². The van der Waals surface area contributed by atoms with E-state index in [0.717, 1.165) is 5.76 Å². The molecule has 0 radical (unpaired) electrons. The Hall–Kier alpha value is -1.34. The third kappa shape index (κ3) is 3.36. The van der Waals surface area contributed by atoms with Gasteiger partial charge in [0.1, 0.15) is 5.76 Å². The molecule has 0 bridgehead atoms. The van der Waals surface area contributed by atoms with Crippen LogP contribution in [0.2, 0.25) is 0 Å². The van der Waals surface area contributed by atoms with E-state index in [9.17, 15) is 9.59 Å². The molecule has 1 saturated heterocycles. The maximum atomic E-state index is 11.2. The number of carboxylic acid groups (broad SMARTS) is 2. The summed E-state index contributed by atoms with van der Waals surface area (Å²) in [4.78, 5) is 24.1. The van der Waals surface area contributed by atoms with Crippen molar-refractivity contribution in [1.29, 1.82) is 0 Å². The smallest absolute Gasteiger partial charge is 0.308 e. The lowest BCUT2D eigenvalue weighted by atomic mass is 9.85. The van der Waals surface area contributed by atoms with Crippen LogP contribution in [0.25, 0.3) is 0 Å². The summed E-state index contributed by atoms with van der Waals surface area (Å²) in [5.41, 5.74) is 0. The van der Waals surface area contributed by atoms with Crippen LogP contribution < -0.4 is 0 Å².